The molecule has 5 rings (SSSR count). The fourth-order valence-electron chi connectivity index (χ4n) is 5.75. The zero-order valence-electron chi connectivity index (χ0n) is 17.0. The molecule has 0 radical (unpaired) electrons. The Kier molecular flexibility index (Phi) is 4.97. The van der Waals surface area contributed by atoms with Gasteiger partial charge in [-0.15, -0.1) is 0 Å². The summed E-state index contributed by atoms with van der Waals surface area (Å²) in [4.78, 5) is 26.5. The van der Waals surface area contributed by atoms with Crippen molar-refractivity contribution in [2.45, 2.75) is 44.1 Å². The van der Waals surface area contributed by atoms with Crippen molar-refractivity contribution in [1.29, 1.82) is 0 Å². The molecular formula is C25H27NO4. The summed E-state index contributed by atoms with van der Waals surface area (Å²) in [5.41, 5.74) is 4.77. The summed E-state index contributed by atoms with van der Waals surface area (Å²) in [5.74, 6) is -1.02. The van der Waals surface area contributed by atoms with Crippen LogP contribution in [0.1, 0.15) is 49.1 Å². The highest BCUT2D eigenvalue weighted by Gasteiger charge is 2.43. The van der Waals surface area contributed by atoms with Crippen LogP contribution in [0.15, 0.2) is 48.5 Å². The summed E-state index contributed by atoms with van der Waals surface area (Å²) in [6, 6.07) is 16.7. The third-order valence-corrected chi connectivity index (χ3v) is 7.19. The molecule has 5 nitrogen and oxygen atoms in total. The lowest BCUT2D eigenvalue weighted by molar-refractivity contribution is -0.145. The molecule has 0 bridgehead atoms. The molecule has 1 saturated carbocycles. The number of likely N-dealkylation sites (tertiary alicyclic amines) is 1. The number of carboxylic acid groups (broad SMARTS) is 1. The van der Waals surface area contributed by atoms with Crippen LogP contribution < -0.4 is 0 Å². The number of piperidine rings is 1. The van der Waals surface area contributed by atoms with E-state index in [0.717, 1.165) is 25.7 Å². The zero-order valence-corrected chi connectivity index (χ0v) is 17.0. The van der Waals surface area contributed by atoms with Crippen molar-refractivity contribution in [3.8, 4) is 11.1 Å². The van der Waals surface area contributed by atoms with E-state index >= 15 is 0 Å². The molecule has 2 aromatic carbocycles. The standard InChI is InChI=1S/C25H27NO4/c27-24(28)17-13-16-7-1-6-12-23(16)26(14-17)25(29)30-15-22-20-10-4-2-8-18(20)19-9-3-5-11-21(19)22/h2-5,8-11,16-17,22-23H,1,6-7,12-15H2,(H,27,28)/t16-,17+,23+/m0/s1. The summed E-state index contributed by atoms with van der Waals surface area (Å²) in [5, 5.41) is 9.57. The highest BCUT2D eigenvalue weighted by molar-refractivity contribution is 5.79. The van der Waals surface area contributed by atoms with Gasteiger partial charge in [0, 0.05) is 18.5 Å². The number of nitrogens with zero attached hydrogens (tertiary/aromatic N) is 1. The Morgan fingerprint density at radius 2 is 1.60 bits per heavy atom. The van der Waals surface area contributed by atoms with Gasteiger partial charge in [0.15, 0.2) is 0 Å². The van der Waals surface area contributed by atoms with Gasteiger partial charge in [0.05, 0.1) is 5.92 Å². The Labute approximate surface area is 176 Å². The van der Waals surface area contributed by atoms with Crippen LogP contribution in [0.25, 0.3) is 11.1 Å². The molecule has 1 heterocycles. The fourth-order valence-corrected chi connectivity index (χ4v) is 5.75. The van der Waals surface area contributed by atoms with Gasteiger partial charge >= 0.3 is 12.1 Å². The predicted octanol–water partition coefficient (Wildman–Crippen LogP) is 4.90. The molecule has 2 fully saturated rings. The number of carboxylic acids is 1. The van der Waals surface area contributed by atoms with Crippen LogP contribution >= 0.6 is 0 Å². The van der Waals surface area contributed by atoms with Crippen LogP contribution in [-0.4, -0.2) is 41.3 Å². The van der Waals surface area contributed by atoms with E-state index in [1.54, 1.807) is 4.90 Å². The SMILES string of the molecule is O=C(O)[C@@H]1C[C@@H]2CCCC[C@H]2N(C(=O)OCC2c3ccccc3-c3ccccc32)C1. The number of benzene rings is 2. The second-order valence-corrected chi connectivity index (χ2v) is 8.84. The minimum atomic E-state index is -0.810. The average molecular weight is 405 g/mol. The van der Waals surface area contributed by atoms with E-state index in [2.05, 4.69) is 24.3 Å². The molecule has 2 aromatic rings. The van der Waals surface area contributed by atoms with Crippen LogP contribution in [0.5, 0.6) is 0 Å². The molecule has 0 spiro atoms. The fraction of sp³-hybridized carbons (Fsp3) is 0.440. The number of carbonyl (C=O) groups excluding carboxylic acids is 1. The summed E-state index contributed by atoms with van der Waals surface area (Å²) in [7, 11) is 0. The van der Waals surface area contributed by atoms with Crippen molar-refractivity contribution in [2.75, 3.05) is 13.2 Å². The Balaban J connectivity index is 1.35. The van der Waals surface area contributed by atoms with Gasteiger partial charge in [-0.25, -0.2) is 4.79 Å². The number of rotatable bonds is 3. The number of ether oxygens (including phenoxy) is 1. The maximum absolute atomic E-state index is 13.1. The van der Waals surface area contributed by atoms with Gasteiger partial charge in [0.1, 0.15) is 6.61 Å². The van der Waals surface area contributed by atoms with Crippen molar-refractivity contribution in [1.82, 2.24) is 4.90 Å². The van der Waals surface area contributed by atoms with Crippen molar-refractivity contribution in [3.63, 3.8) is 0 Å². The quantitative estimate of drug-likeness (QED) is 0.789. The molecule has 0 aromatic heterocycles. The highest BCUT2D eigenvalue weighted by atomic mass is 16.6. The van der Waals surface area contributed by atoms with Crippen LogP contribution in [-0.2, 0) is 9.53 Å². The lowest BCUT2D eigenvalue weighted by Crippen LogP contribution is -2.54. The first kappa shape index (κ1) is 19.2. The molecule has 156 valence electrons. The molecule has 1 saturated heterocycles. The molecule has 1 aliphatic heterocycles. The zero-order chi connectivity index (χ0) is 20.7. The van der Waals surface area contributed by atoms with E-state index in [-0.39, 0.29) is 37.1 Å². The summed E-state index contributed by atoms with van der Waals surface area (Å²) in [6.45, 7) is 0.533. The second-order valence-electron chi connectivity index (χ2n) is 8.84. The maximum Gasteiger partial charge on any atom is 0.410 e. The smallest absolute Gasteiger partial charge is 0.410 e. The summed E-state index contributed by atoms with van der Waals surface area (Å²) in [6.07, 6.45) is 4.47. The molecule has 3 aliphatic rings. The number of hydrogen-bond acceptors (Lipinski definition) is 3. The molecular weight excluding hydrogens is 378 g/mol. The largest absolute Gasteiger partial charge is 0.481 e. The van der Waals surface area contributed by atoms with Crippen molar-refractivity contribution in [3.05, 3.63) is 59.7 Å². The molecule has 1 N–H and O–H groups in total. The Hall–Kier alpha value is -2.82. The van der Waals surface area contributed by atoms with Gasteiger partial charge in [-0.1, -0.05) is 61.4 Å². The number of hydrogen-bond donors (Lipinski definition) is 1. The van der Waals surface area contributed by atoms with Gasteiger partial charge in [-0.3, -0.25) is 4.79 Å². The van der Waals surface area contributed by atoms with E-state index in [1.165, 1.54) is 22.3 Å². The summed E-state index contributed by atoms with van der Waals surface area (Å²) >= 11 is 0. The minimum absolute atomic E-state index is 0.0172. The maximum atomic E-state index is 13.1. The molecule has 1 amide bonds. The van der Waals surface area contributed by atoms with Crippen LogP contribution in [0, 0.1) is 11.8 Å². The first-order chi connectivity index (χ1) is 14.6. The number of fused-ring (bicyclic) bond motifs is 4. The van der Waals surface area contributed by atoms with E-state index in [4.69, 9.17) is 4.74 Å². The third kappa shape index (κ3) is 3.26. The van der Waals surface area contributed by atoms with Crippen LogP contribution in [0.4, 0.5) is 4.79 Å². The van der Waals surface area contributed by atoms with E-state index in [0.29, 0.717) is 6.42 Å². The van der Waals surface area contributed by atoms with E-state index in [9.17, 15) is 14.7 Å². The molecule has 0 unspecified atom stereocenters. The van der Waals surface area contributed by atoms with Crippen molar-refractivity contribution < 1.29 is 19.4 Å². The Morgan fingerprint density at radius 1 is 0.967 bits per heavy atom. The molecule has 3 atom stereocenters. The lowest BCUT2D eigenvalue weighted by Gasteiger charge is -2.45. The first-order valence-electron chi connectivity index (χ1n) is 11.0. The van der Waals surface area contributed by atoms with Crippen LogP contribution in [0.2, 0.25) is 0 Å². The molecule has 5 heteroatoms. The van der Waals surface area contributed by atoms with Crippen LogP contribution in [0.3, 0.4) is 0 Å². The number of amides is 1. The minimum Gasteiger partial charge on any atom is -0.481 e. The summed E-state index contributed by atoms with van der Waals surface area (Å²) < 4.78 is 5.85. The first-order valence-corrected chi connectivity index (χ1v) is 11.0. The van der Waals surface area contributed by atoms with Gasteiger partial charge < -0.3 is 14.7 Å². The lowest BCUT2D eigenvalue weighted by atomic mass is 9.75. The Bertz CT molecular complexity index is 926. The van der Waals surface area contributed by atoms with Crippen molar-refractivity contribution >= 4 is 12.1 Å². The van der Waals surface area contributed by atoms with E-state index in [1.807, 2.05) is 24.3 Å². The predicted molar refractivity (Wildman–Crippen MR) is 113 cm³/mol. The Morgan fingerprint density at radius 3 is 2.27 bits per heavy atom. The number of aliphatic carboxylic acids is 1. The average Bonchev–Trinajstić information content (AvgIpc) is 3.10. The monoisotopic (exact) mass is 405 g/mol. The normalized spacial score (nSPS) is 25.2. The highest BCUT2D eigenvalue weighted by Crippen LogP contribution is 2.45. The number of carbonyl (C=O) groups is 2. The van der Waals surface area contributed by atoms with Gasteiger partial charge in [-0.05, 0) is 47.4 Å². The van der Waals surface area contributed by atoms with Gasteiger partial charge in [-0.2, -0.15) is 0 Å². The third-order valence-electron chi connectivity index (χ3n) is 7.19. The van der Waals surface area contributed by atoms with Gasteiger partial charge in [0.25, 0.3) is 0 Å². The van der Waals surface area contributed by atoms with E-state index < -0.39 is 11.9 Å². The van der Waals surface area contributed by atoms with Gasteiger partial charge in [0.2, 0.25) is 0 Å². The van der Waals surface area contributed by atoms with Crippen molar-refractivity contribution in [2.24, 2.45) is 11.8 Å². The topological polar surface area (TPSA) is 66.8 Å². The molecule has 2 aliphatic carbocycles. The second kappa shape index (κ2) is 7.78. The molecule has 30 heavy (non-hydrogen) atoms.